The van der Waals surface area contributed by atoms with Crippen LogP contribution < -0.4 is 0 Å². The molecule has 66 valence electrons. The highest BCUT2D eigenvalue weighted by Gasteiger charge is 1.97. The van der Waals surface area contributed by atoms with Gasteiger partial charge in [-0.05, 0) is 23.4 Å². The van der Waals surface area contributed by atoms with Crippen molar-refractivity contribution in [1.82, 2.24) is 0 Å². The summed E-state index contributed by atoms with van der Waals surface area (Å²) >= 11 is 6.05. The van der Waals surface area contributed by atoms with Gasteiger partial charge in [-0.25, -0.2) is 0 Å². The molecule has 0 amide bonds. The zero-order chi connectivity index (χ0) is 9.26. The van der Waals surface area contributed by atoms with Crippen LogP contribution in [0.2, 0.25) is 5.02 Å². The van der Waals surface area contributed by atoms with Crippen molar-refractivity contribution in [2.75, 3.05) is 0 Å². The molecule has 0 heterocycles. The summed E-state index contributed by atoms with van der Waals surface area (Å²) < 4.78 is 0. The predicted octanol–water partition coefficient (Wildman–Crippen LogP) is 4.06. The van der Waals surface area contributed by atoms with Crippen LogP contribution in [0.25, 0.3) is 10.8 Å². The number of aryl methyl sites for hydroxylation is 1. The highest BCUT2D eigenvalue weighted by Crippen LogP contribution is 2.24. The molecule has 0 aliphatic heterocycles. The molecule has 0 aliphatic rings. The summed E-state index contributed by atoms with van der Waals surface area (Å²) in [6.07, 6.45) is 1.07. The highest BCUT2D eigenvalue weighted by atomic mass is 35.5. The van der Waals surface area contributed by atoms with Crippen molar-refractivity contribution in [2.24, 2.45) is 0 Å². The van der Waals surface area contributed by atoms with Crippen LogP contribution in [0.15, 0.2) is 36.4 Å². The van der Waals surface area contributed by atoms with E-state index in [1.165, 1.54) is 10.9 Å². The van der Waals surface area contributed by atoms with Gasteiger partial charge >= 0.3 is 0 Å². The number of halogens is 1. The first-order valence-electron chi connectivity index (χ1n) is 4.48. The second-order valence-corrected chi connectivity index (χ2v) is 3.56. The Labute approximate surface area is 83.1 Å². The molecule has 2 rings (SSSR count). The molecule has 0 bridgehead atoms. The van der Waals surface area contributed by atoms with Crippen molar-refractivity contribution in [3.63, 3.8) is 0 Å². The first-order valence-corrected chi connectivity index (χ1v) is 4.86. The van der Waals surface area contributed by atoms with Gasteiger partial charge in [0.15, 0.2) is 0 Å². The minimum atomic E-state index is 0.833. The van der Waals surface area contributed by atoms with Gasteiger partial charge in [-0.1, -0.05) is 48.9 Å². The lowest BCUT2D eigenvalue weighted by Crippen LogP contribution is -1.80. The fourth-order valence-corrected chi connectivity index (χ4v) is 1.76. The molecule has 0 aliphatic carbocycles. The minimum Gasteiger partial charge on any atom is -0.0837 e. The number of fused-ring (bicyclic) bond motifs is 1. The number of rotatable bonds is 1. The summed E-state index contributed by atoms with van der Waals surface area (Å²) in [5.74, 6) is 0. The van der Waals surface area contributed by atoms with E-state index < -0.39 is 0 Å². The van der Waals surface area contributed by atoms with Crippen LogP contribution in [0.1, 0.15) is 12.5 Å². The summed E-state index contributed by atoms with van der Waals surface area (Å²) in [4.78, 5) is 0. The van der Waals surface area contributed by atoms with Crippen molar-refractivity contribution in [2.45, 2.75) is 13.3 Å². The molecule has 0 saturated carbocycles. The van der Waals surface area contributed by atoms with E-state index in [1.807, 2.05) is 12.1 Å². The van der Waals surface area contributed by atoms with Crippen LogP contribution in [0.3, 0.4) is 0 Å². The van der Waals surface area contributed by atoms with Crippen molar-refractivity contribution in [3.05, 3.63) is 47.0 Å². The van der Waals surface area contributed by atoms with Gasteiger partial charge in [0.2, 0.25) is 0 Å². The molecular weight excluding hydrogens is 180 g/mol. The van der Waals surface area contributed by atoms with E-state index in [0.717, 1.165) is 16.8 Å². The zero-order valence-corrected chi connectivity index (χ0v) is 8.31. The largest absolute Gasteiger partial charge is 0.0837 e. The van der Waals surface area contributed by atoms with Crippen molar-refractivity contribution in [3.8, 4) is 0 Å². The average molecular weight is 191 g/mol. The van der Waals surface area contributed by atoms with Crippen LogP contribution in [0.4, 0.5) is 0 Å². The SMILES string of the molecule is CCc1ccc2c(Cl)cccc2c1. The van der Waals surface area contributed by atoms with Crippen molar-refractivity contribution in [1.29, 1.82) is 0 Å². The second-order valence-electron chi connectivity index (χ2n) is 3.15. The Balaban J connectivity index is 2.72. The third kappa shape index (κ3) is 1.54. The molecule has 0 N–H and O–H groups in total. The van der Waals surface area contributed by atoms with Gasteiger partial charge in [0.05, 0.1) is 0 Å². The number of hydrogen-bond acceptors (Lipinski definition) is 0. The maximum absolute atomic E-state index is 6.05. The van der Waals surface area contributed by atoms with Gasteiger partial charge in [0.25, 0.3) is 0 Å². The van der Waals surface area contributed by atoms with E-state index in [1.54, 1.807) is 0 Å². The zero-order valence-electron chi connectivity index (χ0n) is 7.55. The van der Waals surface area contributed by atoms with Crippen molar-refractivity contribution >= 4 is 22.4 Å². The lowest BCUT2D eigenvalue weighted by molar-refractivity contribution is 1.15. The van der Waals surface area contributed by atoms with Gasteiger partial charge in [-0.3, -0.25) is 0 Å². The molecule has 0 aromatic heterocycles. The number of hydrogen-bond donors (Lipinski definition) is 0. The Morgan fingerprint density at radius 1 is 1.15 bits per heavy atom. The van der Waals surface area contributed by atoms with Gasteiger partial charge in [-0.2, -0.15) is 0 Å². The topological polar surface area (TPSA) is 0 Å². The Morgan fingerprint density at radius 2 is 2.00 bits per heavy atom. The van der Waals surface area contributed by atoms with E-state index in [2.05, 4.69) is 31.2 Å². The maximum Gasteiger partial charge on any atom is 0.0484 e. The van der Waals surface area contributed by atoms with E-state index in [-0.39, 0.29) is 0 Å². The van der Waals surface area contributed by atoms with E-state index in [9.17, 15) is 0 Å². The molecule has 0 atom stereocenters. The highest BCUT2D eigenvalue weighted by molar-refractivity contribution is 6.35. The van der Waals surface area contributed by atoms with Crippen LogP contribution in [0.5, 0.6) is 0 Å². The lowest BCUT2D eigenvalue weighted by Gasteiger charge is -2.02. The summed E-state index contributed by atoms with van der Waals surface area (Å²) in [6, 6.07) is 12.4. The molecule has 1 heteroatoms. The molecule has 0 radical (unpaired) electrons. The quantitative estimate of drug-likeness (QED) is 0.637. The summed E-state index contributed by atoms with van der Waals surface area (Å²) in [5.41, 5.74) is 1.36. The van der Waals surface area contributed by atoms with Gasteiger partial charge in [0, 0.05) is 10.4 Å². The summed E-state index contributed by atoms with van der Waals surface area (Å²) in [6.45, 7) is 2.16. The van der Waals surface area contributed by atoms with Crippen LogP contribution >= 0.6 is 11.6 Å². The minimum absolute atomic E-state index is 0.833. The standard InChI is InChI=1S/C12H11Cl/c1-2-9-6-7-11-10(8-9)4-3-5-12(11)13/h3-8H,2H2,1H3. The molecule has 0 saturated heterocycles. The normalized spacial score (nSPS) is 10.6. The summed E-state index contributed by atoms with van der Waals surface area (Å²) in [5, 5.41) is 3.20. The first-order chi connectivity index (χ1) is 6.31. The van der Waals surface area contributed by atoms with Gasteiger partial charge < -0.3 is 0 Å². The van der Waals surface area contributed by atoms with Crippen LogP contribution in [-0.4, -0.2) is 0 Å². The Kier molecular flexibility index (Phi) is 2.24. The molecule has 2 aromatic carbocycles. The van der Waals surface area contributed by atoms with E-state index in [0.29, 0.717) is 0 Å². The third-order valence-electron chi connectivity index (χ3n) is 2.30. The molecule has 0 unspecified atom stereocenters. The van der Waals surface area contributed by atoms with Gasteiger partial charge in [-0.15, -0.1) is 0 Å². The maximum atomic E-state index is 6.05. The molecule has 0 spiro atoms. The lowest BCUT2D eigenvalue weighted by atomic mass is 10.1. The monoisotopic (exact) mass is 190 g/mol. The molecule has 2 aromatic rings. The first kappa shape index (κ1) is 8.58. The molecule has 0 nitrogen and oxygen atoms in total. The van der Waals surface area contributed by atoms with Crippen LogP contribution in [-0.2, 0) is 6.42 Å². The van der Waals surface area contributed by atoms with E-state index in [4.69, 9.17) is 11.6 Å². The molecule has 13 heavy (non-hydrogen) atoms. The number of benzene rings is 2. The van der Waals surface area contributed by atoms with Gasteiger partial charge in [0.1, 0.15) is 0 Å². The third-order valence-corrected chi connectivity index (χ3v) is 2.63. The Bertz CT molecular complexity index is 432. The fourth-order valence-electron chi connectivity index (χ4n) is 1.51. The molecule has 0 fully saturated rings. The van der Waals surface area contributed by atoms with E-state index >= 15 is 0 Å². The summed E-state index contributed by atoms with van der Waals surface area (Å²) in [7, 11) is 0. The van der Waals surface area contributed by atoms with Crippen molar-refractivity contribution < 1.29 is 0 Å². The smallest absolute Gasteiger partial charge is 0.0484 e. The molecular formula is C12H11Cl. The van der Waals surface area contributed by atoms with Crippen LogP contribution in [0, 0.1) is 0 Å². The Hall–Kier alpha value is -1.01. The predicted molar refractivity (Wildman–Crippen MR) is 58.3 cm³/mol. The fraction of sp³-hybridized carbons (Fsp3) is 0.167. The second kappa shape index (κ2) is 3.39. The average Bonchev–Trinajstić information content (AvgIpc) is 2.18. The Morgan fingerprint density at radius 3 is 2.77 bits per heavy atom.